The first-order valence-electron chi connectivity index (χ1n) is 9.22. The molecular weight excluding hydrogens is 404 g/mol. The van der Waals surface area contributed by atoms with Crippen LogP contribution in [0.5, 0.6) is 0 Å². The molecule has 5 atom stereocenters. The summed E-state index contributed by atoms with van der Waals surface area (Å²) < 4.78 is 0. The van der Waals surface area contributed by atoms with Crippen LogP contribution in [0.1, 0.15) is 33.6 Å². The van der Waals surface area contributed by atoms with Crippen molar-refractivity contribution in [2.75, 3.05) is 6.61 Å². The molecule has 0 spiro atoms. The molecule has 0 bridgehead atoms. The molecule has 0 radical (unpaired) electrons. The summed E-state index contributed by atoms with van der Waals surface area (Å²) in [7, 11) is 0. The van der Waals surface area contributed by atoms with E-state index in [1.54, 1.807) is 13.8 Å². The number of aliphatic carboxylic acids is 2. The number of carbonyl (C=O) groups is 5. The van der Waals surface area contributed by atoms with E-state index in [9.17, 15) is 29.1 Å². The predicted octanol–water partition coefficient (Wildman–Crippen LogP) is -3.25. The molecule has 30 heavy (non-hydrogen) atoms. The highest BCUT2D eigenvalue weighted by Crippen LogP contribution is 2.05. The average molecular weight is 434 g/mol. The van der Waals surface area contributed by atoms with E-state index < -0.39 is 72.5 Å². The van der Waals surface area contributed by atoms with Crippen molar-refractivity contribution in [1.29, 1.82) is 0 Å². The second kappa shape index (κ2) is 12.7. The highest BCUT2D eigenvalue weighted by atomic mass is 16.4. The summed E-state index contributed by atoms with van der Waals surface area (Å²) in [6, 6.07) is -5.55. The van der Waals surface area contributed by atoms with Gasteiger partial charge < -0.3 is 42.1 Å². The maximum atomic E-state index is 12.6. The fourth-order valence-corrected chi connectivity index (χ4v) is 2.30. The maximum absolute atomic E-state index is 12.6. The molecule has 0 fully saturated rings. The average Bonchev–Trinajstić information content (AvgIpc) is 2.64. The van der Waals surface area contributed by atoms with Gasteiger partial charge in [-0.05, 0) is 19.3 Å². The lowest BCUT2D eigenvalue weighted by Gasteiger charge is -2.27. The Kier molecular flexibility index (Phi) is 11.5. The molecule has 13 heteroatoms. The number of rotatable bonds is 13. The smallest absolute Gasteiger partial charge is 0.328 e. The third-order valence-corrected chi connectivity index (χ3v) is 4.11. The van der Waals surface area contributed by atoms with Gasteiger partial charge in [0.25, 0.3) is 0 Å². The van der Waals surface area contributed by atoms with Gasteiger partial charge in [0.1, 0.15) is 18.1 Å². The van der Waals surface area contributed by atoms with Crippen molar-refractivity contribution in [3.05, 3.63) is 0 Å². The number of carbonyl (C=O) groups excluding carboxylic acids is 3. The van der Waals surface area contributed by atoms with Crippen molar-refractivity contribution in [2.45, 2.75) is 63.9 Å². The molecule has 3 amide bonds. The van der Waals surface area contributed by atoms with E-state index in [1.165, 1.54) is 6.92 Å². The van der Waals surface area contributed by atoms with E-state index in [2.05, 4.69) is 16.0 Å². The quantitative estimate of drug-likeness (QED) is 0.144. The molecule has 0 aromatic heterocycles. The number of amides is 3. The number of hydrogen-bond acceptors (Lipinski definition) is 8. The minimum Gasteiger partial charge on any atom is -0.481 e. The summed E-state index contributed by atoms with van der Waals surface area (Å²) in [5.41, 5.74) is 5.58. The SMILES string of the molecule is CC(C)C(NC(=O)C(NC(=O)C(N)CCC(=O)O)C(C)O)C(=O)NC(CO)C(=O)O. The highest BCUT2D eigenvalue weighted by Gasteiger charge is 2.33. The summed E-state index contributed by atoms with van der Waals surface area (Å²) >= 11 is 0. The normalized spacial score (nSPS) is 16.0. The zero-order chi connectivity index (χ0) is 23.6. The third-order valence-electron chi connectivity index (χ3n) is 4.11. The van der Waals surface area contributed by atoms with E-state index >= 15 is 0 Å². The molecule has 5 unspecified atom stereocenters. The van der Waals surface area contributed by atoms with E-state index in [0.717, 1.165) is 0 Å². The van der Waals surface area contributed by atoms with Gasteiger partial charge in [-0.15, -0.1) is 0 Å². The molecule has 0 aromatic carbocycles. The first kappa shape index (κ1) is 27.2. The Balaban J connectivity index is 5.23. The van der Waals surface area contributed by atoms with Gasteiger partial charge in [-0.1, -0.05) is 13.8 Å². The van der Waals surface area contributed by atoms with Crippen LogP contribution in [0.3, 0.4) is 0 Å². The minimum atomic E-state index is -1.57. The van der Waals surface area contributed by atoms with Gasteiger partial charge in [0.05, 0.1) is 18.8 Å². The Morgan fingerprint density at radius 2 is 1.37 bits per heavy atom. The second-order valence-electron chi connectivity index (χ2n) is 7.08. The Hall–Kier alpha value is -2.77. The van der Waals surface area contributed by atoms with Crippen LogP contribution in [0, 0.1) is 5.92 Å². The maximum Gasteiger partial charge on any atom is 0.328 e. The van der Waals surface area contributed by atoms with E-state index in [4.69, 9.17) is 21.1 Å². The van der Waals surface area contributed by atoms with Crippen molar-refractivity contribution >= 4 is 29.7 Å². The Morgan fingerprint density at radius 1 is 0.867 bits per heavy atom. The number of hydrogen-bond donors (Lipinski definition) is 8. The van der Waals surface area contributed by atoms with Crippen molar-refractivity contribution in [3.63, 3.8) is 0 Å². The van der Waals surface area contributed by atoms with Gasteiger partial charge in [-0.2, -0.15) is 0 Å². The third kappa shape index (κ3) is 9.15. The molecule has 0 rings (SSSR count). The zero-order valence-electron chi connectivity index (χ0n) is 17.0. The Labute approximate surface area is 173 Å². The standard InChI is InChI=1S/C17H30N4O9/c1-7(2)12(15(27)19-10(6-22)17(29)30)20-16(28)13(8(3)23)21-14(26)9(18)4-5-11(24)25/h7-10,12-13,22-23H,4-6,18H2,1-3H3,(H,19,27)(H,20,28)(H,21,26)(H,24,25)(H,29,30). The lowest BCUT2D eigenvalue weighted by molar-refractivity contribution is -0.144. The summed E-state index contributed by atoms with van der Waals surface area (Å²) in [6.07, 6.45) is -1.95. The van der Waals surface area contributed by atoms with E-state index in [-0.39, 0.29) is 12.8 Å². The number of carboxylic acid groups (broad SMARTS) is 2. The molecule has 0 aromatic rings. The summed E-state index contributed by atoms with van der Waals surface area (Å²) in [5.74, 6) is -5.82. The predicted molar refractivity (Wildman–Crippen MR) is 102 cm³/mol. The van der Waals surface area contributed by atoms with Crippen LogP contribution >= 0.6 is 0 Å². The molecular formula is C17H30N4O9. The van der Waals surface area contributed by atoms with Crippen molar-refractivity contribution in [1.82, 2.24) is 16.0 Å². The molecule has 13 nitrogen and oxygen atoms in total. The number of aliphatic hydroxyl groups excluding tert-OH is 2. The van der Waals surface area contributed by atoms with E-state index in [1.807, 2.05) is 0 Å². The number of nitrogens with two attached hydrogens (primary N) is 1. The number of aliphatic hydroxyl groups is 2. The molecule has 0 aliphatic rings. The molecule has 0 aliphatic heterocycles. The summed E-state index contributed by atoms with van der Waals surface area (Å²) in [5, 5.41) is 43.1. The van der Waals surface area contributed by atoms with Gasteiger partial charge in [-0.25, -0.2) is 4.79 Å². The van der Waals surface area contributed by atoms with Crippen molar-refractivity contribution < 1.29 is 44.4 Å². The van der Waals surface area contributed by atoms with Gasteiger partial charge in [-0.3, -0.25) is 19.2 Å². The van der Waals surface area contributed by atoms with Crippen LogP contribution in [0.25, 0.3) is 0 Å². The molecule has 9 N–H and O–H groups in total. The zero-order valence-corrected chi connectivity index (χ0v) is 17.0. The highest BCUT2D eigenvalue weighted by molar-refractivity contribution is 5.94. The van der Waals surface area contributed by atoms with E-state index in [0.29, 0.717) is 0 Å². The molecule has 0 saturated carbocycles. The largest absolute Gasteiger partial charge is 0.481 e. The first-order valence-corrected chi connectivity index (χ1v) is 9.22. The Morgan fingerprint density at radius 3 is 1.77 bits per heavy atom. The molecule has 0 aliphatic carbocycles. The number of nitrogens with one attached hydrogen (secondary N) is 3. The minimum absolute atomic E-state index is 0.190. The van der Waals surface area contributed by atoms with Gasteiger partial charge >= 0.3 is 11.9 Å². The fraction of sp³-hybridized carbons (Fsp3) is 0.706. The lowest BCUT2D eigenvalue weighted by Crippen LogP contribution is -2.61. The van der Waals surface area contributed by atoms with Crippen molar-refractivity contribution in [3.8, 4) is 0 Å². The van der Waals surface area contributed by atoms with Crippen LogP contribution in [0.4, 0.5) is 0 Å². The fourth-order valence-electron chi connectivity index (χ4n) is 2.30. The van der Waals surface area contributed by atoms with Crippen LogP contribution in [0.2, 0.25) is 0 Å². The summed E-state index contributed by atoms with van der Waals surface area (Å²) in [6.45, 7) is 3.48. The molecule has 0 heterocycles. The second-order valence-corrected chi connectivity index (χ2v) is 7.08. The molecule has 172 valence electrons. The lowest BCUT2D eigenvalue weighted by atomic mass is 10.0. The topological polar surface area (TPSA) is 228 Å². The van der Waals surface area contributed by atoms with Crippen LogP contribution in [-0.2, 0) is 24.0 Å². The molecule has 0 saturated heterocycles. The first-order chi connectivity index (χ1) is 13.8. The van der Waals surface area contributed by atoms with Crippen molar-refractivity contribution in [2.24, 2.45) is 11.7 Å². The van der Waals surface area contributed by atoms with Crippen LogP contribution in [-0.4, -0.2) is 87.0 Å². The Bertz CT molecular complexity index is 639. The van der Waals surface area contributed by atoms with Gasteiger partial charge in [0.15, 0.2) is 0 Å². The number of carboxylic acids is 2. The van der Waals surface area contributed by atoms with Crippen LogP contribution in [0.15, 0.2) is 0 Å². The van der Waals surface area contributed by atoms with Gasteiger partial charge in [0, 0.05) is 6.42 Å². The summed E-state index contributed by atoms with van der Waals surface area (Å²) in [4.78, 5) is 58.5. The van der Waals surface area contributed by atoms with Crippen LogP contribution < -0.4 is 21.7 Å². The monoisotopic (exact) mass is 434 g/mol. The van der Waals surface area contributed by atoms with Gasteiger partial charge in [0.2, 0.25) is 17.7 Å².